The number of hydrogen-bond donors (Lipinski definition) is 1. The molecule has 26 heavy (non-hydrogen) atoms. The Morgan fingerprint density at radius 1 is 0.885 bits per heavy atom. The molecule has 134 valence electrons. The number of anilines is 1. The molecule has 0 spiro atoms. The van der Waals surface area contributed by atoms with Crippen molar-refractivity contribution >= 4 is 26.5 Å². The Hall–Kier alpha value is -2.53. The lowest BCUT2D eigenvalue weighted by Gasteiger charge is -2.19. The first-order valence-corrected chi connectivity index (χ1v) is 10.3. The van der Waals surface area contributed by atoms with Gasteiger partial charge in [0.2, 0.25) is 0 Å². The van der Waals surface area contributed by atoms with E-state index in [2.05, 4.69) is 4.72 Å². The molecule has 1 aliphatic rings. The highest BCUT2D eigenvalue weighted by Gasteiger charge is 2.23. The Bertz CT molecular complexity index is 1070. The van der Waals surface area contributed by atoms with Gasteiger partial charge in [-0.25, -0.2) is 8.42 Å². The fraction of sp³-hybridized carbons (Fsp3) is 0.238. The van der Waals surface area contributed by atoms with Crippen LogP contribution >= 0.6 is 0 Å². The summed E-state index contributed by atoms with van der Waals surface area (Å²) in [6.07, 6.45) is 4.12. The zero-order valence-corrected chi connectivity index (χ0v) is 15.5. The van der Waals surface area contributed by atoms with Crippen LogP contribution in [0.15, 0.2) is 59.5 Å². The molecule has 5 heteroatoms. The highest BCUT2D eigenvalue weighted by molar-refractivity contribution is 7.92. The second kappa shape index (κ2) is 6.65. The summed E-state index contributed by atoms with van der Waals surface area (Å²) >= 11 is 0. The molecule has 3 aromatic rings. The van der Waals surface area contributed by atoms with Gasteiger partial charge in [0.05, 0.1) is 7.11 Å². The molecule has 0 aromatic heterocycles. The van der Waals surface area contributed by atoms with Gasteiger partial charge in [-0.15, -0.1) is 0 Å². The summed E-state index contributed by atoms with van der Waals surface area (Å²) in [4.78, 5) is 0.203. The monoisotopic (exact) mass is 367 g/mol. The summed E-state index contributed by atoms with van der Waals surface area (Å²) in [5.41, 5.74) is 2.84. The van der Waals surface area contributed by atoms with Crippen molar-refractivity contribution < 1.29 is 13.2 Å². The van der Waals surface area contributed by atoms with Crippen molar-refractivity contribution in [2.45, 2.75) is 30.6 Å². The normalized spacial score (nSPS) is 14.0. The highest BCUT2D eigenvalue weighted by Crippen LogP contribution is 2.33. The first-order chi connectivity index (χ1) is 12.6. The molecule has 0 unspecified atom stereocenters. The highest BCUT2D eigenvalue weighted by atomic mass is 32.2. The molecule has 1 aliphatic carbocycles. The first-order valence-electron chi connectivity index (χ1n) is 8.78. The largest absolute Gasteiger partial charge is 0.495 e. The van der Waals surface area contributed by atoms with Gasteiger partial charge < -0.3 is 4.74 Å². The molecule has 0 atom stereocenters. The van der Waals surface area contributed by atoms with Gasteiger partial charge in [0, 0.05) is 5.69 Å². The Labute approximate surface area is 153 Å². The third-order valence-electron chi connectivity index (χ3n) is 4.92. The Morgan fingerprint density at radius 2 is 1.58 bits per heavy atom. The van der Waals surface area contributed by atoms with Gasteiger partial charge in [-0.1, -0.05) is 30.3 Å². The molecule has 4 rings (SSSR count). The molecule has 0 saturated carbocycles. The molecular weight excluding hydrogens is 346 g/mol. The maximum atomic E-state index is 13.0. The smallest absolute Gasteiger partial charge is 0.265 e. The number of nitrogens with one attached hydrogen (secondary N) is 1. The van der Waals surface area contributed by atoms with Crippen LogP contribution in [0.5, 0.6) is 5.75 Å². The quantitative estimate of drug-likeness (QED) is 0.737. The molecule has 0 radical (unpaired) electrons. The number of rotatable bonds is 4. The number of aryl methyl sites for hydroxylation is 2. The summed E-state index contributed by atoms with van der Waals surface area (Å²) in [5.74, 6) is 0.402. The summed E-state index contributed by atoms with van der Waals surface area (Å²) in [5, 5.41) is 2.06. The summed E-state index contributed by atoms with van der Waals surface area (Å²) in [6, 6.07) is 17.1. The minimum absolute atomic E-state index is 0.203. The van der Waals surface area contributed by atoms with Crippen molar-refractivity contribution in [2.75, 3.05) is 11.8 Å². The third-order valence-corrected chi connectivity index (χ3v) is 6.32. The Balaban J connectivity index is 1.73. The van der Waals surface area contributed by atoms with Gasteiger partial charge >= 0.3 is 0 Å². The molecule has 1 N–H and O–H groups in total. The Morgan fingerprint density at radius 3 is 2.31 bits per heavy atom. The molecular formula is C21H21NO3S. The second-order valence-electron chi connectivity index (χ2n) is 6.65. The van der Waals surface area contributed by atoms with Crippen LogP contribution < -0.4 is 9.46 Å². The van der Waals surface area contributed by atoms with Crippen molar-refractivity contribution in [1.82, 2.24) is 0 Å². The first kappa shape index (κ1) is 16.9. The van der Waals surface area contributed by atoms with E-state index in [9.17, 15) is 8.42 Å². The van der Waals surface area contributed by atoms with E-state index in [1.807, 2.05) is 42.5 Å². The molecule has 4 nitrogen and oxygen atoms in total. The fourth-order valence-corrected chi connectivity index (χ4v) is 4.82. The van der Waals surface area contributed by atoms with Gasteiger partial charge in [-0.3, -0.25) is 4.72 Å². The molecule has 0 bridgehead atoms. The third kappa shape index (κ3) is 3.15. The number of ether oxygens (including phenoxy) is 1. The molecule has 0 amide bonds. The van der Waals surface area contributed by atoms with Crippen molar-refractivity contribution in [3.05, 3.63) is 65.7 Å². The van der Waals surface area contributed by atoms with E-state index < -0.39 is 10.0 Å². The van der Waals surface area contributed by atoms with Crippen LogP contribution in [0, 0.1) is 0 Å². The summed E-state index contributed by atoms with van der Waals surface area (Å²) in [6.45, 7) is 0. The van der Waals surface area contributed by atoms with E-state index in [1.165, 1.54) is 12.7 Å². The van der Waals surface area contributed by atoms with Gasteiger partial charge in [0.25, 0.3) is 10.0 Å². The van der Waals surface area contributed by atoms with Crippen LogP contribution in [0.25, 0.3) is 10.8 Å². The summed E-state index contributed by atoms with van der Waals surface area (Å²) in [7, 11) is -2.22. The minimum Gasteiger partial charge on any atom is -0.495 e. The van der Waals surface area contributed by atoms with Crippen LogP contribution in [-0.4, -0.2) is 15.5 Å². The summed E-state index contributed by atoms with van der Waals surface area (Å²) < 4.78 is 34.1. The number of fused-ring (bicyclic) bond motifs is 2. The van der Waals surface area contributed by atoms with E-state index in [1.54, 1.807) is 12.1 Å². The van der Waals surface area contributed by atoms with Gasteiger partial charge in [-0.2, -0.15) is 0 Å². The SMILES string of the molecule is COc1cc2c(cc1S(=O)(=O)Nc1ccc3ccccc3c1)CCCC2. The van der Waals surface area contributed by atoms with Crippen LogP contribution in [0.1, 0.15) is 24.0 Å². The number of hydrogen-bond acceptors (Lipinski definition) is 3. The van der Waals surface area contributed by atoms with Crippen LogP contribution in [0.3, 0.4) is 0 Å². The predicted octanol–water partition coefficient (Wildman–Crippen LogP) is 4.53. The van der Waals surface area contributed by atoms with Gasteiger partial charge in [0.15, 0.2) is 0 Å². The van der Waals surface area contributed by atoms with Gasteiger partial charge in [0.1, 0.15) is 10.6 Å². The van der Waals surface area contributed by atoms with E-state index in [4.69, 9.17) is 4.74 Å². The Kier molecular flexibility index (Phi) is 4.32. The maximum Gasteiger partial charge on any atom is 0.265 e. The lowest BCUT2D eigenvalue weighted by Crippen LogP contribution is -2.16. The predicted molar refractivity (Wildman–Crippen MR) is 104 cm³/mol. The molecule has 0 fully saturated rings. The average Bonchev–Trinajstić information content (AvgIpc) is 2.66. The standard InChI is InChI=1S/C21H21NO3S/c1-25-20-13-17-8-4-5-9-18(17)14-21(20)26(23,24)22-19-11-10-15-6-2-3-7-16(15)12-19/h2-3,6-7,10-14,22H,4-5,8-9H2,1H3. The molecule has 3 aromatic carbocycles. The lowest BCUT2D eigenvalue weighted by molar-refractivity contribution is 0.401. The minimum atomic E-state index is -3.73. The lowest BCUT2D eigenvalue weighted by atomic mass is 9.92. The van der Waals surface area contributed by atoms with E-state index in [0.717, 1.165) is 42.0 Å². The average molecular weight is 367 g/mol. The zero-order valence-electron chi connectivity index (χ0n) is 14.7. The number of sulfonamides is 1. The topological polar surface area (TPSA) is 55.4 Å². The van der Waals surface area contributed by atoms with Crippen LogP contribution in [0.4, 0.5) is 5.69 Å². The number of methoxy groups -OCH3 is 1. The van der Waals surface area contributed by atoms with Crippen molar-refractivity contribution in [1.29, 1.82) is 0 Å². The van der Waals surface area contributed by atoms with Crippen molar-refractivity contribution in [2.24, 2.45) is 0 Å². The van der Waals surface area contributed by atoms with Crippen LogP contribution in [0.2, 0.25) is 0 Å². The zero-order chi connectivity index (χ0) is 18.1. The van der Waals surface area contributed by atoms with Crippen LogP contribution in [-0.2, 0) is 22.9 Å². The van der Waals surface area contributed by atoms with Crippen molar-refractivity contribution in [3.63, 3.8) is 0 Å². The van der Waals surface area contributed by atoms with Crippen molar-refractivity contribution in [3.8, 4) is 5.75 Å². The maximum absolute atomic E-state index is 13.0. The van der Waals surface area contributed by atoms with E-state index in [0.29, 0.717) is 11.4 Å². The van der Waals surface area contributed by atoms with Gasteiger partial charge in [-0.05, 0) is 71.8 Å². The van der Waals surface area contributed by atoms with E-state index in [-0.39, 0.29) is 4.90 Å². The number of benzene rings is 3. The molecule has 0 aliphatic heterocycles. The second-order valence-corrected chi connectivity index (χ2v) is 8.30. The molecule has 0 heterocycles. The fourth-order valence-electron chi connectivity index (χ4n) is 3.57. The van der Waals surface area contributed by atoms with E-state index >= 15 is 0 Å². The molecule has 0 saturated heterocycles.